The SMILES string of the molecule is COC[C@H](NC(=O)c1cc(C(F)(F)F)nn1C)c1nc(-c2cccc(C)c2)no1. The van der Waals surface area contributed by atoms with Gasteiger partial charge in [-0.2, -0.15) is 23.3 Å². The van der Waals surface area contributed by atoms with Gasteiger partial charge >= 0.3 is 6.18 Å². The van der Waals surface area contributed by atoms with Crippen LogP contribution in [0.4, 0.5) is 13.2 Å². The number of methoxy groups -OCH3 is 1. The van der Waals surface area contributed by atoms with E-state index in [4.69, 9.17) is 9.26 Å². The number of halogens is 3. The van der Waals surface area contributed by atoms with E-state index < -0.39 is 23.8 Å². The standard InChI is InChI=1S/C18H18F3N5O3/c1-10-5-4-6-11(7-10)15-23-17(29-25-15)12(9-28-3)22-16(27)13-8-14(18(19,20)21)24-26(13)2/h4-8,12H,9H2,1-3H3,(H,22,27)/t12-/m0/s1. The maximum atomic E-state index is 12.8. The van der Waals surface area contributed by atoms with Crippen LogP contribution in [0, 0.1) is 6.92 Å². The zero-order valence-electron chi connectivity index (χ0n) is 15.8. The minimum absolute atomic E-state index is 0.0226. The van der Waals surface area contributed by atoms with Gasteiger partial charge in [0.2, 0.25) is 5.82 Å². The molecule has 0 unspecified atom stereocenters. The highest BCUT2D eigenvalue weighted by Crippen LogP contribution is 2.28. The Bertz CT molecular complexity index is 1010. The molecule has 1 aromatic carbocycles. The first-order chi connectivity index (χ1) is 13.7. The van der Waals surface area contributed by atoms with Crippen molar-refractivity contribution in [2.75, 3.05) is 13.7 Å². The van der Waals surface area contributed by atoms with Crippen LogP contribution in [0.5, 0.6) is 0 Å². The van der Waals surface area contributed by atoms with Crippen molar-refractivity contribution in [3.05, 3.63) is 53.2 Å². The molecule has 1 N–H and O–H groups in total. The van der Waals surface area contributed by atoms with E-state index in [1.807, 2.05) is 25.1 Å². The van der Waals surface area contributed by atoms with E-state index >= 15 is 0 Å². The van der Waals surface area contributed by atoms with E-state index in [2.05, 4.69) is 20.6 Å². The third-order valence-electron chi connectivity index (χ3n) is 4.06. The molecule has 0 aliphatic carbocycles. The fourth-order valence-corrected chi connectivity index (χ4v) is 2.67. The van der Waals surface area contributed by atoms with Gasteiger partial charge in [0.25, 0.3) is 11.8 Å². The van der Waals surface area contributed by atoms with Crippen molar-refractivity contribution in [1.29, 1.82) is 0 Å². The third-order valence-corrected chi connectivity index (χ3v) is 4.06. The molecule has 1 atom stereocenters. The molecule has 0 aliphatic rings. The Morgan fingerprint density at radius 1 is 1.34 bits per heavy atom. The van der Waals surface area contributed by atoms with Gasteiger partial charge in [-0.25, -0.2) is 0 Å². The highest BCUT2D eigenvalue weighted by atomic mass is 19.4. The first-order valence-electron chi connectivity index (χ1n) is 8.50. The molecule has 0 spiro atoms. The number of rotatable bonds is 6. The number of carbonyl (C=O) groups excluding carboxylic acids is 1. The van der Waals surface area contributed by atoms with Crippen molar-refractivity contribution in [2.45, 2.75) is 19.1 Å². The summed E-state index contributed by atoms with van der Waals surface area (Å²) in [7, 11) is 2.65. The van der Waals surface area contributed by atoms with Gasteiger partial charge < -0.3 is 14.6 Å². The Morgan fingerprint density at radius 3 is 2.72 bits per heavy atom. The first kappa shape index (κ1) is 20.5. The Kier molecular flexibility index (Phi) is 5.69. The molecule has 3 aromatic rings. The predicted octanol–water partition coefficient (Wildman–Crippen LogP) is 2.91. The number of amides is 1. The van der Waals surface area contributed by atoms with E-state index in [-0.39, 0.29) is 18.2 Å². The molecule has 2 aromatic heterocycles. The van der Waals surface area contributed by atoms with Crippen molar-refractivity contribution < 1.29 is 27.2 Å². The third kappa shape index (κ3) is 4.62. The summed E-state index contributed by atoms with van der Waals surface area (Å²) in [5.41, 5.74) is 0.307. The molecule has 2 heterocycles. The van der Waals surface area contributed by atoms with Crippen molar-refractivity contribution >= 4 is 5.91 Å². The lowest BCUT2D eigenvalue weighted by atomic mass is 10.1. The highest BCUT2D eigenvalue weighted by molar-refractivity contribution is 5.92. The molecule has 3 rings (SSSR count). The molecule has 8 nitrogen and oxygen atoms in total. The molecule has 11 heteroatoms. The number of ether oxygens (including phenoxy) is 1. The van der Waals surface area contributed by atoms with Crippen LogP contribution in [0.25, 0.3) is 11.4 Å². The molecule has 0 aliphatic heterocycles. The fourth-order valence-electron chi connectivity index (χ4n) is 2.67. The van der Waals surface area contributed by atoms with Gasteiger partial charge in [-0.1, -0.05) is 28.9 Å². The summed E-state index contributed by atoms with van der Waals surface area (Å²) in [6.07, 6.45) is -4.66. The van der Waals surface area contributed by atoms with Gasteiger partial charge in [0, 0.05) is 25.8 Å². The van der Waals surface area contributed by atoms with Crippen LogP contribution in [0.15, 0.2) is 34.9 Å². The average molecular weight is 409 g/mol. The minimum Gasteiger partial charge on any atom is -0.382 e. The van der Waals surface area contributed by atoms with Gasteiger partial charge in [-0.05, 0) is 13.0 Å². The second-order valence-electron chi connectivity index (χ2n) is 6.34. The summed E-state index contributed by atoms with van der Waals surface area (Å²) in [6.45, 7) is 1.90. The van der Waals surface area contributed by atoms with Crippen LogP contribution in [-0.4, -0.2) is 39.5 Å². The van der Waals surface area contributed by atoms with E-state index in [9.17, 15) is 18.0 Å². The maximum Gasteiger partial charge on any atom is 0.435 e. The molecule has 29 heavy (non-hydrogen) atoms. The number of hydrogen-bond acceptors (Lipinski definition) is 6. The summed E-state index contributed by atoms with van der Waals surface area (Å²) in [5.74, 6) is -0.401. The molecular weight excluding hydrogens is 391 g/mol. The van der Waals surface area contributed by atoms with Crippen LogP contribution in [0.3, 0.4) is 0 Å². The molecule has 0 bridgehead atoms. The van der Waals surface area contributed by atoms with Crippen LogP contribution >= 0.6 is 0 Å². The summed E-state index contributed by atoms with van der Waals surface area (Å²) in [4.78, 5) is 16.8. The summed E-state index contributed by atoms with van der Waals surface area (Å²) in [6, 6.07) is 7.25. The lowest BCUT2D eigenvalue weighted by molar-refractivity contribution is -0.141. The van der Waals surface area contributed by atoms with E-state index in [0.29, 0.717) is 11.9 Å². The van der Waals surface area contributed by atoms with Gasteiger partial charge in [-0.3, -0.25) is 9.48 Å². The van der Waals surface area contributed by atoms with Crippen molar-refractivity contribution in [3.63, 3.8) is 0 Å². The summed E-state index contributed by atoms with van der Waals surface area (Å²) >= 11 is 0. The Morgan fingerprint density at radius 2 is 2.10 bits per heavy atom. The monoisotopic (exact) mass is 409 g/mol. The molecular formula is C18H18F3N5O3. The molecule has 0 saturated carbocycles. The second kappa shape index (κ2) is 8.03. The van der Waals surface area contributed by atoms with Crippen molar-refractivity contribution in [1.82, 2.24) is 25.2 Å². The smallest absolute Gasteiger partial charge is 0.382 e. The predicted molar refractivity (Wildman–Crippen MR) is 94.8 cm³/mol. The van der Waals surface area contributed by atoms with Gasteiger partial charge in [-0.15, -0.1) is 0 Å². The van der Waals surface area contributed by atoms with Gasteiger partial charge in [0.05, 0.1) is 6.61 Å². The lowest BCUT2D eigenvalue weighted by Gasteiger charge is -2.13. The Labute approximate surface area is 163 Å². The highest BCUT2D eigenvalue weighted by Gasteiger charge is 2.36. The molecule has 0 radical (unpaired) electrons. The number of aromatic nitrogens is 4. The van der Waals surface area contributed by atoms with E-state index in [1.165, 1.54) is 14.2 Å². The number of benzene rings is 1. The van der Waals surface area contributed by atoms with Crippen molar-refractivity contribution in [2.24, 2.45) is 7.05 Å². The van der Waals surface area contributed by atoms with Crippen LogP contribution in [0.2, 0.25) is 0 Å². The number of carbonyl (C=O) groups is 1. The minimum atomic E-state index is -4.66. The summed E-state index contributed by atoms with van der Waals surface area (Å²) < 4.78 is 49.6. The quantitative estimate of drug-likeness (QED) is 0.673. The van der Waals surface area contributed by atoms with Gasteiger partial charge in [0.15, 0.2) is 5.69 Å². The number of hydrogen-bond donors (Lipinski definition) is 1. The second-order valence-corrected chi connectivity index (χ2v) is 6.34. The topological polar surface area (TPSA) is 95.1 Å². The lowest BCUT2D eigenvalue weighted by Crippen LogP contribution is -2.32. The molecule has 0 saturated heterocycles. The summed E-state index contributed by atoms with van der Waals surface area (Å²) in [5, 5.41) is 9.78. The van der Waals surface area contributed by atoms with E-state index in [1.54, 1.807) is 6.07 Å². The Balaban J connectivity index is 1.82. The largest absolute Gasteiger partial charge is 0.435 e. The van der Waals surface area contributed by atoms with Crippen LogP contribution in [-0.2, 0) is 18.0 Å². The zero-order chi connectivity index (χ0) is 21.2. The molecule has 154 valence electrons. The van der Waals surface area contributed by atoms with Gasteiger partial charge in [0.1, 0.15) is 11.7 Å². The fraction of sp³-hybridized carbons (Fsp3) is 0.333. The van der Waals surface area contributed by atoms with E-state index in [0.717, 1.165) is 15.8 Å². The first-order valence-corrected chi connectivity index (χ1v) is 8.50. The maximum absolute atomic E-state index is 12.8. The normalized spacial score (nSPS) is 12.8. The molecule has 1 amide bonds. The van der Waals surface area contributed by atoms with Crippen LogP contribution < -0.4 is 5.32 Å². The van der Waals surface area contributed by atoms with Crippen molar-refractivity contribution in [3.8, 4) is 11.4 Å². The number of nitrogens with one attached hydrogen (secondary N) is 1. The number of alkyl halides is 3. The number of nitrogens with zero attached hydrogens (tertiary/aromatic N) is 4. The number of aryl methyl sites for hydroxylation is 2. The average Bonchev–Trinajstić information content (AvgIpc) is 3.28. The Hall–Kier alpha value is -3.21. The zero-order valence-corrected chi connectivity index (χ0v) is 15.8. The molecule has 0 fully saturated rings. The van der Waals surface area contributed by atoms with Crippen LogP contribution in [0.1, 0.15) is 33.7 Å².